The Labute approximate surface area is 113 Å². The highest BCUT2D eigenvalue weighted by Gasteiger charge is 2.12. The smallest absolute Gasteiger partial charge is 0.325 e. The highest BCUT2D eigenvalue weighted by Crippen LogP contribution is 2.14. The molecule has 1 aromatic carbocycles. The molecular formula is C13H11ClN4O. The number of para-hydroxylation sites is 1. The Hall–Kier alpha value is -2.11. The summed E-state index contributed by atoms with van der Waals surface area (Å²) in [5, 5.41) is 0.285. The lowest BCUT2D eigenvalue weighted by Gasteiger charge is -2.12. The van der Waals surface area contributed by atoms with Crippen molar-refractivity contribution in [2.75, 3.05) is 0 Å². The zero-order chi connectivity index (χ0) is 13.4. The molecule has 6 heteroatoms. The van der Waals surface area contributed by atoms with Crippen LogP contribution < -0.4 is 11.4 Å². The first-order valence-electron chi connectivity index (χ1n) is 5.76. The van der Waals surface area contributed by atoms with Gasteiger partial charge in [0.2, 0.25) is 0 Å². The lowest BCUT2D eigenvalue weighted by Crippen LogP contribution is -2.29. The first-order valence-corrected chi connectivity index (χ1v) is 6.13. The van der Waals surface area contributed by atoms with E-state index in [1.807, 2.05) is 30.3 Å². The predicted octanol–water partition coefficient (Wildman–Crippen LogP) is 1.60. The summed E-state index contributed by atoms with van der Waals surface area (Å²) in [4.78, 5) is 16.6. The summed E-state index contributed by atoms with van der Waals surface area (Å²) in [7, 11) is 0. The van der Waals surface area contributed by atoms with Gasteiger partial charge in [-0.05, 0) is 12.1 Å². The summed E-state index contributed by atoms with van der Waals surface area (Å²) < 4.78 is 2.90. The average molecular weight is 275 g/mol. The highest BCUT2D eigenvalue weighted by molar-refractivity contribution is 6.29. The van der Waals surface area contributed by atoms with Crippen molar-refractivity contribution in [2.24, 2.45) is 5.73 Å². The van der Waals surface area contributed by atoms with Crippen molar-refractivity contribution in [3.8, 4) is 5.69 Å². The van der Waals surface area contributed by atoms with E-state index < -0.39 is 0 Å². The van der Waals surface area contributed by atoms with Gasteiger partial charge in [-0.3, -0.25) is 4.57 Å². The summed E-state index contributed by atoms with van der Waals surface area (Å²) in [6, 6.07) is 11.1. The van der Waals surface area contributed by atoms with Gasteiger partial charge >= 0.3 is 5.69 Å². The molecule has 3 rings (SSSR count). The first-order chi connectivity index (χ1) is 9.22. The average Bonchev–Trinajstić information content (AvgIpc) is 2.81. The normalized spacial score (nSPS) is 11.1. The molecule has 0 atom stereocenters. The van der Waals surface area contributed by atoms with E-state index in [1.165, 1.54) is 10.6 Å². The fourth-order valence-corrected chi connectivity index (χ4v) is 2.28. The van der Waals surface area contributed by atoms with Gasteiger partial charge in [0.25, 0.3) is 0 Å². The highest BCUT2D eigenvalue weighted by atomic mass is 35.5. The maximum absolute atomic E-state index is 12.5. The van der Waals surface area contributed by atoms with Crippen molar-refractivity contribution < 1.29 is 0 Å². The van der Waals surface area contributed by atoms with Gasteiger partial charge in [-0.2, -0.15) is 0 Å². The number of hydrogen-bond acceptors (Lipinski definition) is 3. The van der Waals surface area contributed by atoms with Crippen LogP contribution in [0.2, 0.25) is 5.15 Å². The monoisotopic (exact) mass is 274 g/mol. The van der Waals surface area contributed by atoms with Crippen LogP contribution in [0, 0.1) is 0 Å². The largest absolute Gasteiger partial charge is 0.339 e. The van der Waals surface area contributed by atoms with Crippen molar-refractivity contribution in [3.63, 3.8) is 0 Å². The van der Waals surface area contributed by atoms with Crippen LogP contribution in [-0.2, 0) is 6.54 Å². The topological polar surface area (TPSA) is 65.3 Å². The lowest BCUT2D eigenvalue weighted by molar-refractivity contribution is 0.802. The molecule has 5 nitrogen and oxygen atoms in total. The van der Waals surface area contributed by atoms with Crippen molar-refractivity contribution in [1.82, 2.24) is 14.0 Å². The second-order valence-electron chi connectivity index (χ2n) is 4.07. The second-order valence-corrected chi connectivity index (χ2v) is 4.46. The Morgan fingerprint density at radius 2 is 2.00 bits per heavy atom. The van der Waals surface area contributed by atoms with Crippen LogP contribution in [0.15, 0.2) is 47.4 Å². The molecule has 2 aromatic heterocycles. The third kappa shape index (κ3) is 1.83. The summed E-state index contributed by atoms with van der Waals surface area (Å²) in [5.74, 6) is 0. The van der Waals surface area contributed by atoms with E-state index in [9.17, 15) is 4.79 Å². The number of fused-ring (bicyclic) bond motifs is 1. The molecule has 0 saturated heterocycles. The molecule has 0 aliphatic carbocycles. The lowest BCUT2D eigenvalue weighted by atomic mass is 10.3. The molecule has 0 amide bonds. The molecule has 0 radical (unpaired) electrons. The maximum Gasteiger partial charge on any atom is 0.339 e. The van der Waals surface area contributed by atoms with Gasteiger partial charge in [-0.25, -0.2) is 14.2 Å². The van der Waals surface area contributed by atoms with E-state index in [0.717, 1.165) is 5.69 Å². The Balaban J connectivity index is 2.43. The van der Waals surface area contributed by atoms with Gasteiger partial charge in [-0.1, -0.05) is 29.8 Å². The number of nitrogens with zero attached hydrogens (tertiary/aromatic N) is 3. The van der Waals surface area contributed by atoms with E-state index in [1.54, 1.807) is 10.6 Å². The van der Waals surface area contributed by atoms with Gasteiger partial charge in [0, 0.05) is 18.3 Å². The zero-order valence-electron chi connectivity index (χ0n) is 9.95. The van der Waals surface area contributed by atoms with Crippen LogP contribution in [0.25, 0.3) is 11.3 Å². The van der Waals surface area contributed by atoms with Crippen LogP contribution in [0.3, 0.4) is 0 Å². The molecule has 3 aromatic rings. The van der Waals surface area contributed by atoms with E-state index in [-0.39, 0.29) is 17.4 Å². The third-order valence-electron chi connectivity index (χ3n) is 2.94. The fraction of sp³-hybridized carbons (Fsp3) is 0.0769. The minimum absolute atomic E-state index is 0.241. The van der Waals surface area contributed by atoms with E-state index >= 15 is 0 Å². The third-order valence-corrected chi connectivity index (χ3v) is 3.20. The van der Waals surface area contributed by atoms with Crippen LogP contribution in [-0.4, -0.2) is 14.0 Å². The minimum atomic E-state index is -0.272. The van der Waals surface area contributed by atoms with Gasteiger partial charge in [0.15, 0.2) is 0 Å². The van der Waals surface area contributed by atoms with Crippen molar-refractivity contribution in [1.29, 1.82) is 0 Å². The molecule has 19 heavy (non-hydrogen) atoms. The van der Waals surface area contributed by atoms with Crippen LogP contribution in [0.4, 0.5) is 0 Å². The van der Waals surface area contributed by atoms with Gasteiger partial charge in [0.1, 0.15) is 10.8 Å². The van der Waals surface area contributed by atoms with Crippen molar-refractivity contribution in [2.45, 2.75) is 6.54 Å². The molecular weight excluding hydrogens is 264 g/mol. The van der Waals surface area contributed by atoms with Crippen LogP contribution in [0.1, 0.15) is 5.69 Å². The minimum Gasteiger partial charge on any atom is -0.325 e. The summed E-state index contributed by atoms with van der Waals surface area (Å²) in [5.41, 5.74) is 7.39. The maximum atomic E-state index is 12.5. The second kappa shape index (κ2) is 4.53. The number of imidazole rings is 1. The Morgan fingerprint density at radius 1 is 1.26 bits per heavy atom. The molecule has 0 aliphatic heterocycles. The number of hydrogen-bond donors (Lipinski definition) is 1. The summed E-state index contributed by atoms with van der Waals surface area (Å²) >= 11 is 5.99. The zero-order valence-corrected chi connectivity index (χ0v) is 10.7. The van der Waals surface area contributed by atoms with Crippen LogP contribution >= 0.6 is 11.6 Å². The molecule has 96 valence electrons. The van der Waals surface area contributed by atoms with E-state index in [0.29, 0.717) is 11.3 Å². The molecule has 2 N–H and O–H groups in total. The number of halogens is 1. The van der Waals surface area contributed by atoms with Gasteiger partial charge in [0.05, 0.1) is 11.9 Å². The molecule has 0 saturated carbocycles. The SMILES string of the molecule is NCc1cc2ncc(Cl)n2c(=O)n1-c1ccccc1. The summed E-state index contributed by atoms with van der Waals surface area (Å²) in [6.45, 7) is 0.241. The fourth-order valence-electron chi connectivity index (χ4n) is 2.08. The number of benzene rings is 1. The number of rotatable bonds is 2. The predicted molar refractivity (Wildman–Crippen MR) is 73.7 cm³/mol. The van der Waals surface area contributed by atoms with Crippen molar-refractivity contribution in [3.05, 3.63) is 63.9 Å². The van der Waals surface area contributed by atoms with E-state index in [2.05, 4.69) is 4.98 Å². The van der Waals surface area contributed by atoms with Crippen LogP contribution in [0.5, 0.6) is 0 Å². The number of nitrogens with two attached hydrogens (primary N) is 1. The molecule has 0 bridgehead atoms. The van der Waals surface area contributed by atoms with Gasteiger partial charge in [-0.15, -0.1) is 0 Å². The van der Waals surface area contributed by atoms with Crippen molar-refractivity contribution >= 4 is 17.2 Å². The Kier molecular flexibility index (Phi) is 2.85. The first kappa shape index (κ1) is 12.0. The quantitative estimate of drug-likeness (QED) is 0.772. The van der Waals surface area contributed by atoms with Gasteiger partial charge < -0.3 is 5.73 Å². The number of aromatic nitrogens is 3. The standard InChI is InChI=1S/C13H11ClN4O/c14-11-8-16-12-6-10(7-15)17(13(19)18(11)12)9-4-2-1-3-5-9/h1-6,8H,7,15H2. The molecule has 0 fully saturated rings. The molecule has 0 spiro atoms. The molecule has 0 aliphatic rings. The molecule has 2 heterocycles. The molecule has 0 unspecified atom stereocenters. The Bertz CT molecular complexity index is 792. The Morgan fingerprint density at radius 3 is 2.68 bits per heavy atom. The van der Waals surface area contributed by atoms with E-state index in [4.69, 9.17) is 17.3 Å². The summed E-state index contributed by atoms with van der Waals surface area (Å²) in [6.07, 6.45) is 1.45.